The average molecular weight is 287 g/mol. The Morgan fingerprint density at radius 3 is 3.10 bits per heavy atom. The molecule has 1 aromatic heterocycles. The van der Waals surface area contributed by atoms with Crippen LogP contribution < -0.4 is 10.6 Å². The quantitative estimate of drug-likeness (QED) is 0.912. The fourth-order valence-electron chi connectivity index (χ4n) is 2.50. The molecule has 1 saturated heterocycles. The van der Waals surface area contributed by atoms with Gasteiger partial charge < -0.3 is 10.6 Å². The SMILES string of the molecule is CC1CCNC1C(=O)Nc1cccc(-c2nccs2)c1. The molecule has 1 fully saturated rings. The van der Waals surface area contributed by atoms with Gasteiger partial charge in [0.05, 0.1) is 6.04 Å². The van der Waals surface area contributed by atoms with Crippen LogP contribution >= 0.6 is 11.3 Å². The molecule has 2 aromatic rings. The van der Waals surface area contributed by atoms with Crippen LogP contribution in [-0.4, -0.2) is 23.5 Å². The van der Waals surface area contributed by atoms with E-state index in [4.69, 9.17) is 0 Å². The lowest BCUT2D eigenvalue weighted by Crippen LogP contribution is -2.39. The van der Waals surface area contributed by atoms with Crippen LogP contribution in [0.15, 0.2) is 35.8 Å². The van der Waals surface area contributed by atoms with Crippen LogP contribution in [0.1, 0.15) is 13.3 Å². The summed E-state index contributed by atoms with van der Waals surface area (Å²) in [4.78, 5) is 16.5. The highest BCUT2D eigenvalue weighted by Crippen LogP contribution is 2.25. The van der Waals surface area contributed by atoms with Crippen LogP contribution in [0.5, 0.6) is 0 Å². The highest BCUT2D eigenvalue weighted by molar-refractivity contribution is 7.13. The zero-order chi connectivity index (χ0) is 13.9. The monoisotopic (exact) mass is 287 g/mol. The standard InChI is InChI=1S/C15H17N3OS/c1-10-5-6-16-13(10)14(19)18-12-4-2-3-11(9-12)15-17-7-8-20-15/h2-4,7-10,13,16H,5-6H2,1H3,(H,18,19). The maximum Gasteiger partial charge on any atom is 0.241 e. The minimum Gasteiger partial charge on any atom is -0.325 e. The van der Waals surface area contributed by atoms with Crippen molar-refractivity contribution >= 4 is 22.9 Å². The summed E-state index contributed by atoms with van der Waals surface area (Å²) in [6.07, 6.45) is 2.84. The summed E-state index contributed by atoms with van der Waals surface area (Å²) in [5, 5.41) is 9.15. The number of carbonyl (C=O) groups excluding carboxylic acids is 1. The summed E-state index contributed by atoms with van der Waals surface area (Å²) in [7, 11) is 0. The lowest BCUT2D eigenvalue weighted by atomic mass is 10.0. The highest BCUT2D eigenvalue weighted by atomic mass is 32.1. The van der Waals surface area contributed by atoms with Crippen molar-refractivity contribution in [3.8, 4) is 10.6 Å². The van der Waals surface area contributed by atoms with E-state index in [-0.39, 0.29) is 11.9 Å². The summed E-state index contributed by atoms with van der Waals surface area (Å²) < 4.78 is 0. The molecule has 3 rings (SSSR count). The van der Waals surface area contributed by atoms with Crippen molar-refractivity contribution < 1.29 is 4.79 Å². The molecule has 1 aliphatic rings. The van der Waals surface area contributed by atoms with Crippen molar-refractivity contribution in [2.75, 3.05) is 11.9 Å². The Balaban J connectivity index is 1.74. The van der Waals surface area contributed by atoms with Crippen molar-refractivity contribution in [2.24, 2.45) is 5.92 Å². The Hall–Kier alpha value is -1.72. The smallest absolute Gasteiger partial charge is 0.241 e. The molecule has 0 bridgehead atoms. The second kappa shape index (κ2) is 5.73. The Labute approximate surface area is 122 Å². The average Bonchev–Trinajstić information content (AvgIpc) is 3.09. The number of nitrogens with zero attached hydrogens (tertiary/aromatic N) is 1. The van der Waals surface area contributed by atoms with E-state index in [1.54, 1.807) is 17.5 Å². The van der Waals surface area contributed by atoms with Crippen LogP contribution in [0.3, 0.4) is 0 Å². The molecule has 0 aliphatic carbocycles. The first-order valence-electron chi connectivity index (χ1n) is 6.78. The van der Waals surface area contributed by atoms with Gasteiger partial charge in [-0.05, 0) is 31.0 Å². The van der Waals surface area contributed by atoms with E-state index < -0.39 is 0 Å². The van der Waals surface area contributed by atoms with Gasteiger partial charge in [0.1, 0.15) is 5.01 Å². The van der Waals surface area contributed by atoms with Gasteiger partial charge in [0.2, 0.25) is 5.91 Å². The Kier molecular flexibility index (Phi) is 3.80. The molecule has 2 atom stereocenters. The number of amides is 1. The predicted octanol–water partition coefficient (Wildman–Crippen LogP) is 2.75. The molecule has 1 aliphatic heterocycles. The summed E-state index contributed by atoms with van der Waals surface area (Å²) in [5.41, 5.74) is 1.86. The zero-order valence-electron chi connectivity index (χ0n) is 11.3. The van der Waals surface area contributed by atoms with E-state index in [9.17, 15) is 4.79 Å². The van der Waals surface area contributed by atoms with Gasteiger partial charge in [0, 0.05) is 22.8 Å². The number of hydrogen-bond donors (Lipinski definition) is 2. The van der Waals surface area contributed by atoms with Gasteiger partial charge in [-0.15, -0.1) is 11.3 Å². The number of thiazole rings is 1. The second-order valence-electron chi connectivity index (χ2n) is 5.11. The fourth-order valence-corrected chi connectivity index (χ4v) is 3.14. The van der Waals surface area contributed by atoms with Crippen LogP contribution in [0.25, 0.3) is 10.6 Å². The molecule has 0 radical (unpaired) electrons. The van der Waals surface area contributed by atoms with Gasteiger partial charge in [-0.1, -0.05) is 19.1 Å². The van der Waals surface area contributed by atoms with E-state index in [0.29, 0.717) is 5.92 Å². The third-order valence-electron chi connectivity index (χ3n) is 3.62. The van der Waals surface area contributed by atoms with E-state index in [0.717, 1.165) is 29.2 Å². The van der Waals surface area contributed by atoms with Gasteiger partial charge >= 0.3 is 0 Å². The molecule has 20 heavy (non-hydrogen) atoms. The second-order valence-corrected chi connectivity index (χ2v) is 6.00. The molecule has 2 unspecified atom stereocenters. The van der Waals surface area contributed by atoms with Crippen LogP contribution in [0, 0.1) is 5.92 Å². The Morgan fingerprint density at radius 2 is 2.40 bits per heavy atom. The third-order valence-corrected chi connectivity index (χ3v) is 4.45. The summed E-state index contributed by atoms with van der Waals surface area (Å²) >= 11 is 1.59. The zero-order valence-corrected chi connectivity index (χ0v) is 12.1. The normalized spacial score (nSPS) is 21.9. The van der Waals surface area contributed by atoms with E-state index in [1.807, 2.05) is 29.6 Å². The topological polar surface area (TPSA) is 54.0 Å². The van der Waals surface area contributed by atoms with Gasteiger partial charge in [-0.2, -0.15) is 0 Å². The Bertz CT molecular complexity index is 597. The predicted molar refractivity (Wildman–Crippen MR) is 81.8 cm³/mol. The maximum atomic E-state index is 12.2. The maximum absolute atomic E-state index is 12.2. The molecule has 0 saturated carbocycles. The minimum absolute atomic E-state index is 0.0475. The van der Waals surface area contributed by atoms with Crippen molar-refractivity contribution in [3.05, 3.63) is 35.8 Å². The summed E-state index contributed by atoms with van der Waals surface area (Å²) in [6, 6.07) is 7.74. The van der Waals surface area contributed by atoms with Crippen molar-refractivity contribution in [1.82, 2.24) is 10.3 Å². The van der Waals surface area contributed by atoms with Gasteiger partial charge in [0.25, 0.3) is 0 Å². The molecule has 0 spiro atoms. The fraction of sp³-hybridized carbons (Fsp3) is 0.333. The largest absolute Gasteiger partial charge is 0.325 e. The highest BCUT2D eigenvalue weighted by Gasteiger charge is 2.29. The third kappa shape index (κ3) is 2.73. The van der Waals surface area contributed by atoms with E-state index >= 15 is 0 Å². The number of aromatic nitrogens is 1. The lowest BCUT2D eigenvalue weighted by molar-refractivity contribution is -0.118. The molecule has 4 nitrogen and oxygen atoms in total. The molecule has 5 heteroatoms. The number of nitrogens with one attached hydrogen (secondary N) is 2. The molecule has 104 valence electrons. The van der Waals surface area contributed by atoms with E-state index in [1.165, 1.54) is 0 Å². The van der Waals surface area contributed by atoms with Crippen LogP contribution in [0.4, 0.5) is 5.69 Å². The number of benzene rings is 1. The summed E-state index contributed by atoms with van der Waals surface area (Å²) in [5.74, 6) is 0.434. The first kappa shape index (κ1) is 13.3. The van der Waals surface area contributed by atoms with Crippen LogP contribution in [-0.2, 0) is 4.79 Å². The van der Waals surface area contributed by atoms with E-state index in [2.05, 4.69) is 22.5 Å². The number of rotatable bonds is 3. The van der Waals surface area contributed by atoms with Gasteiger partial charge in [-0.25, -0.2) is 4.98 Å². The molecular weight excluding hydrogens is 270 g/mol. The number of anilines is 1. The van der Waals surface area contributed by atoms with Gasteiger partial charge in [-0.3, -0.25) is 4.79 Å². The van der Waals surface area contributed by atoms with Crippen LogP contribution in [0.2, 0.25) is 0 Å². The van der Waals surface area contributed by atoms with Crippen molar-refractivity contribution in [1.29, 1.82) is 0 Å². The lowest BCUT2D eigenvalue weighted by Gasteiger charge is -2.15. The molecule has 2 N–H and O–H groups in total. The molecular formula is C15H17N3OS. The molecule has 1 aromatic carbocycles. The molecule has 2 heterocycles. The van der Waals surface area contributed by atoms with Crippen molar-refractivity contribution in [3.63, 3.8) is 0 Å². The summed E-state index contributed by atoms with van der Waals surface area (Å²) in [6.45, 7) is 3.02. The Morgan fingerprint density at radius 1 is 1.50 bits per heavy atom. The number of hydrogen-bond acceptors (Lipinski definition) is 4. The first-order valence-corrected chi connectivity index (χ1v) is 7.66. The minimum atomic E-state index is -0.0847. The number of carbonyl (C=O) groups is 1. The molecule has 1 amide bonds. The first-order chi connectivity index (χ1) is 9.74. The van der Waals surface area contributed by atoms with Gasteiger partial charge in [0.15, 0.2) is 0 Å². The van der Waals surface area contributed by atoms with Crippen molar-refractivity contribution in [2.45, 2.75) is 19.4 Å².